The van der Waals surface area contributed by atoms with E-state index < -0.39 is 0 Å². The normalized spacial score (nSPS) is 17.7. The van der Waals surface area contributed by atoms with Gasteiger partial charge in [-0.15, -0.1) is 0 Å². The maximum atomic E-state index is 11.8. The topological polar surface area (TPSA) is 56.8 Å². The van der Waals surface area contributed by atoms with Crippen LogP contribution in [0.3, 0.4) is 0 Å². The molecule has 1 aliphatic heterocycles. The molecule has 1 amide bonds. The van der Waals surface area contributed by atoms with Crippen LogP contribution in [0.2, 0.25) is 5.02 Å². The SMILES string of the molecule is COc1cc(/C=C/C(=O)NCC2CCCO2)cc(Cl)c1OC. The van der Waals surface area contributed by atoms with Crippen molar-refractivity contribution in [2.75, 3.05) is 27.4 Å². The van der Waals surface area contributed by atoms with Crippen LogP contribution in [0.4, 0.5) is 0 Å². The standard InChI is InChI=1S/C16H20ClNO4/c1-20-14-9-11(8-13(17)16(14)21-2)5-6-15(19)18-10-12-4-3-7-22-12/h5-6,8-9,12H,3-4,7,10H2,1-2H3,(H,18,19)/b6-5+. The molecule has 6 heteroatoms. The third-order valence-electron chi connectivity index (χ3n) is 3.41. The average Bonchev–Trinajstić information content (AvgIpc) is 3.03. The van der Waals surface area contributed by atoms with Gasteiger partial charge in [-0.1, -0.05) is 11.6 Å². The molecule has 1 atom stereocenters. The summed E-state index contributed by atoms with van der Waals surface area (Å²) in [6, 6.07) is 3.47. The average molecular weight is 326 g/mol. The summed E-state index contributed by atoms with van der Waals surface area (Å²) in [6.07, 6.45) is 5.33. The van der Waals surface area contributed by atoms with Crippen LogP contribution in [-0.4, -0.2) is 39.4 Å². The van der Waals surface area contributed by atoms with Crippen molar-refractivity contribution in [2.45, 2.75) is 18.9 Å². The van der Waals surface area contributed by atoms with Crippen LogP contribution in [0.1, 0.15) is 18.4 Å². The molecule has 0 radical (unpaired) electrons. The number of hydrogen-bond acceptors (Lipinski definition) is 4. The molecule has 5 nitrogen and oxygen atoms in total. The minimum atomic E-state index is -0.165. The van der Waals surface area contributed by atoms with Crippen LogP contribution in [0.25, 0.3) is 6.08 Å². The molecule has 22 heavy (non-hydrogen) atoms. The smallest absolute Gasteiger partial charge is 0.244 e. The molecular weight excluding hydrogens is 306 g/mol. The highest BCUT2D eigenvalue weighted by Gasteiger charge is 2.15. The largest absolute Gasteiger partial charge is 0.493 e. The third kappa shape index (κ3) is 4.39. The molecule has 0 saturated carbocycles. The van der Waals surface area contributed by atoms with Crippen LogP contribution in [0.5, 0.6) is 11.5 Å². The van der Waals surface area contributed by atoms with Gasteiger partial charge in [0.25, 0.3) is 0 Å². The number of ether oxygens (including phenoxy) is 3. The fourth-order valence-corrected chi connectivity index (χ4v) is 2.58. The van der Waals surface area contributed by atoms with E-state index in [1.54, 1.807) is 18.2 Å². The van der Waals surface area contributed by atoms with Gasteiger partial charge < -0.3 is 19.5 Å². The molecule has 0 spiro atoms. The number of carbonyl (C=O) groups is 1. The number of nitrogens with one attached hydrogen (secondary N) is 1. The lowest BCUT2D eigenvalue weighted by Crippen LogP contribution is -2.30. The molecule has 1 aromatic carbocycles. The molecule has 1 aromatic rings. The van der Waals surface area contributed by atoms with E-state index >= 15 is 0 Å². The van der Waals surface area contributed by atoms with E-state index in [0.717, 1.165) is 25.0 Å². The maximum absolute atomic E-state index is 11.8. The fraction of sp³-hybridized carbons (Fsp3) is 0.438. The maximum Gasteiger partial charge on any atom is 0.244 e. The Labute approximate surface area is 135 Å². The number of hydrogen-bond donors (Lipinski definition) is 1. The Kier molecular flexibility index (Phi) is 6.10. The lowest BCUT2D eigenvalue weighted by molar-refractivity contribution is -0.116. The molecule has 1 unspecified atom stereocenters. The molecule has 0 aliphatic carbocycles. The van der Waals surface area contributed by atoms with Gasteiger partial charge in [-0.2, -0.15) is 0 Å². The van der Waals surface area contributed by atoms with E-state index in [4.69, 9.17) is 25.8 Å². The highest BCUT2D eigenvalue weighted by Crippen LogP contribution is 2.36. The molecule has 1 fully saturated rings. The van der Waals surface area contributed by atoms with E-state index in [2.05, 4.69) is 5.32 Å². The molecule has 1 aliphatic rings. The summed E-state index contributed by atoms with van der Waals surface area (Å²) in [5.74, 6) is 0.833. The zero-order chi connectivity index (χ0) is 15.9. The highest BCUT2D eigenvalue weighted by molar-refractivity contribution is 6.32. The van der Waals surface area contributed by atoms with Crippen molar-refractivity contribution in [1.82, 2.24) is 5.32 Å². The van der Waals surface area contributed by atoms with Crippen molar-refractivity contribution >= 4 is 23.6 Å². The van der Waals surface area contributed by atoms with Gasteiger partial charge in [-0.25, -0.2) is 0 Å². The molecule has 0 aromatic heterocycles. The van der Waals surface area contributed by atoms with E-state index in [0.29, 0.717) is 23.1 Å². The van der Waals surface area contributed by atoms with Crippen molar-refractivity contribution in [3.05, 3.63) is 28.8 Å². The van der Waals surface area contributed by atoms with Gasteiger partial charge in [-0.05, 0) is 36.6 Å². The van der Waals surface area contributed by atoms with Crippen LogP contribution < -0.4 is 14.8 Å². The Hall–Kier alpha value is -1.72. The molecule has 0 bridgehead atoms. The van der Waals surface area contributed by atoms with Gasteiger partial charge in [0.15, 0.2) is 11.5 Å². The second-order valence-corrected chi connectivity index (χ2v) is 5.36. The molecule has 2 rings (SSSR count). The van der Waals surface area contributed by atoms with Gasteiger partial charge in [0.1, 0.15) is 0 Å². The minimum absolute atomic E-state index is 0.132. The Balaban J connectivity index is 1.96. The summed E-state index contributed by atoms with van der Waals surface area (Å²) in [5, 5.41) is 3.25. The first-order chi connectivity index (χ1) is 10.6. The summed E-state index contributed by atoms with van der Waals surface area (Å²) in [5.41, 5.74) is 0.759. The first-order valence-electron chi connectivity index (χ1n) is 7.13. The highest BCUT2D eigenvalue weighted by atomic mass is 35.5. The van der Waals surface area contributed by atoms with Crippen molar-refractivity contribution in [2.24, 2.45) is 0 Å². The van der Waals surface area contributed by atoms with Crippen molar-refractivity contribution in [3.8, 4) is 11.5 Å². The number of amides is 1. The van der Waals surface area contributed by atoms with Crippen molar-refractivity contribution in [3.63, 3.8) is 0 Å². The van der Waals surface area contributed by atoms with E-state index in [1.807, 2.05) is 0 Å². The second kappa shape index (κ2) is 8.06. The summed E-state index contributed by atoms with van der Waals surface area (Å²) in [4.78, 5) is 11.8. The van der Waals surface area contributed by atoms with Crippen LogP contribution in [-0.2, 0) is 9.53 Å². The van der Waals surface area contributed by atoms with Crippen LogP contribution in [0.15, 0.2) is 18.2 Å². The van der Waals surface area contributed by atoms with Gasteiger partial charge in [0, 0.05) is 19.2 Å². The molecule has 1 heterocycles. The first-order valence-corrected chi connectivity index (χ1v) is 7.51. The first kappa shape index (κ1) is 16.6. The Bertz CT molecular complexity index is 553. The van der Waals surface area contributed by atoms with Crippen LogP contribution in [0, 0.1) is 0 Å². The molecule has 120 valence electrons. The zero-order valence-corrected chi connectivity index (χ0v) is 13.5. The van der Waals surface area contributed by atoms with Crippen molar-refractivity contribution in [1.29, 1.82) is 0 Å². The van der Waals surface area contributed by atoms with Crippen LogP contribution >= 0.6 is 11.6 Å². The zero-order valence-electron chi connectivity index (χ0n) is 12.7. The number of benzene rings is 1. The monoisotopic (exact) mass is 325 g/mol. The lowest BCUT2D eigenvalue weighted by atomic mass is 10.2. The molecule has 1 N–H and O–H groups in total. The summed E-state index contributed by atoms with van der Waals surface area (Å²) < 4.78 is 15.8. The number of carbonyl (C=O) groups excluding carboxylic acids is 1. The predicted octanol–water partition coefficient (Wildman–Crippen LogP) is 2.67. The predicted molar refractivity (Wildman–Crippen MR) is 85.6 cm³/mol. The van der Waals surface area contributed by atoms with Gasteiger partial charge in [0.05, 0.1) is 25.3 Å². The summed E-state index contributed by atoms with van der Waals surface area (Å²) in [6.45, 7) is 1.32. The van der Waals surface area contributed by atoms with Gasteiger partial charge in [0.2, 0.25) is 5.91 Å². The number of methoxy groups -OCH3 is 2. The Morgan fingerprint density at radius 2 is 2.27 bits per heavy atom. The molecule has 1 saturated heterocycles. The summed E-state index contributed by atoms with van der Waals surface area (Å²) in [7, 11) is 3.06. The lowest BCUT2D eigenvalue weighted by Gasteiger charge is -2.10. The molecular formula is C16H20ClNO4. The van der Waals surface area contributed by atoms with E-state index in [-0.39, 0.29) is 12.0 Å². The van der Waals surface area contributed by atoms with Gasteiger partial charge >= 0.3 is 0 Å². The number of rotatable bonds is 6. The minimum Gasteiger partial charge on any atom is -0.493 e. The Morgan fingerprint density at radius 3 is 2.91 bits per heavy atom. The summed E-state index contributed by atoms with van der Waals surface area (Å²) >= 11 is 6.12. The fourth-order valence-electron chi connectivity index (χ4n) is 2.28. The van der Waals surface area contributed by atoms with E-state index in [9.17, 15) is 4.79 Å². The third-order valence-corrected chi connectivity index (χ3v) is 3.69. The Morgan fingerprint density at radius 1 is 1.45 bits per heavy atom. The van der Waals surface area contributed by atoms with Gasteiger partial charge in [-0.3, -0.25) is 4.79 Å². The van der Waals surface area contributed by atoms with Crippen molar-refractivity contribution < 1.29 is 19.0 Å². The number of halogens is 1. The van der Waals surface area contributed by atoms with E-state index in [1.165, 1.54) is 20.3 Å². The quantitative estimate of drug-likeness (QED) is 0.817. The second-order valence-electron chi connectivity index (χ2n) is 4.95.